The first kappa shape index (κ1) is 15.3. The zero-order chi connectivity index (χ0) is 15.4. The van der Waals surface area contributed by atoms with E-state index in [0.717, 1.165) is 5.56 Å². The van der Waals surface area contributed by atoms with Gasteiger partial charge in [0.25, 0.3) is 5.91 Å². The highest BCUT2D eigenvalue weighted by Gasteiger charge is 2.12. The molecule has 1 N–H and O–H groups in total. The smallest absolute Gasteiger partial charge is 0.258 e. The molecule has 21 heavy (non-hydrogen) atoms. The van der Waals surface area contributed by atoms with E-state index in [0.29, 0.717) is 23.1 Å². The van der Waals surface area contributed by atoms with Gasteiger partial charge >= 0.3 is 0 Å². The molecule has 0 spiro atoms. The van der Waals surface area contributed by atoms with E-state index < -0.39 is 11.7 Å². The minimum Gasteiger partial charge on any atom is -0.492 e. The summed E-state index contributed by atoms with van der Waals surface area (Å²) in [6.45, 7) is 4.11. The van der Waals surface area contributed by atoms with E-state index in [1.165, 1.54) is 12.1 Å². The molecule has 3 nitrogen and oxygen atoms in total. The summed E-state index contributed by atoms with van der Waals surface area (Å²) in [6, 6.07) is 9.34. The lowest BCUT2D eigenvalue weighted by Crippen LogP contribution is -2.13. The molecule has 0 heterocycles. The molecule has 0 fully saturated rings. The van der Waals surface area contributed by atoms with Crippen molar-refractivity contribution in [3.8, 4) is 5.75 Å². The Hall–Kier alpha value is -2.07. The van der Waals surface area contributed by atoms with Gasteiger partial charge in [-0.3, -0.25) is 4.79 Å². The molecule has 110 valence electrons. The molecule has 0 radical (unpaired) electrons. The second-order valence-electron chi connectivity index (χ2n) is 4.52. The molecule has 0 unspecified atom stereocenters. The van der Waals surface area contributed by atoms with Crippen LogP contribution in [0.25, 0.3) is 0 Å². The summed E-state index contributed by atoms with van der Waals surface area (Å²) in [5.41, 5.74) is 1.23. The zero-order valence-corrected chi connectivity index (χ0v) is 12.5. The van der Waals surface area contributed by atoms with Crippen LogP contribution in [0.3, 0.4) is 0 Å². The van der Waals surface area contributed by atoms with Crippen LogP contribution in [0.1, 0.15) is 22.8 Å². The van der Waals surface area contributed by atoms with Crippen molar-refractivity contribution in [3.63, 3.8) is 0 Å². The van der Waals surface area contributed by atoms with Crippen LogP contribution in [0.15, 0.2) is 36.4 Å². The number of aryl methyl sites for hydroxylation is 1. The van der Waals surface area contributed by atoms with Gasteiger partial charge < -0.3 is 10.1 Å². The molecule has 0 atom stereocenters. The maximum Gasteiger partial charge on any atom is 0.258 e. The van der Waals surface area contributed by atoms with Gasteiger partial charge in [0, 0.05) is 5.69 Å². The van der Waals surface area contributed by atoms with E-state index in [2.05, 4.69) is 5.32 Å². The van der Waals surface area contributed by atoms with Gasteiger partial charge in [-0.05, 0) is 49.7 Å². The first-order valence-corrected chi connectivity index (χ1v) is 6.89. The van der Waals surface area contributed by atoms with Crippen molar-refractivity contribution in [2.75, 3.05) is 11.9 Å². The van der Waals surface area contributed by atoms with Crippen LogP contribution in [0.2, 0.25) is 5.02 Å². The SMILES string of the molecule is CCOc1ccc(NC(=O)c2ccc(C)cc2F)cc1Cl. The van der Waals surface area contributed by atoms with Gasteiger partial charge in [0.05, 0.1) is 17.2 Å². The molecule has 0 saturated heterocycles. The summed E-state index contributed by atoms with van der Waals surface area (Å²) in [5.74, 6) is -0.532. The van der Waals surface area contributed by atoms with Crippen LogP contribution in [-0.4, -0.2) is 12.5 Å². The van der Waals surface area contributed by atoms with Gasteiger partial charge in [-0.2, -0.15) is 0 Å². The van der Waals surface area contributed by atoms with Gasteiger partial charge in [-0.25, -0.2) is 4.39 Å². The lowest BCUT2D eigenvalue weighted by atomic mass is 10.1. The molecule has 0 aliphatic heterocycles. The summed E-state index contributed by atoms with van der Waals surface area (Å²) in [4.78, 5) is 12.0. The van der Waals surface area contributed by atoms with Gasteiger partial charge in [0.2, 0.25) is 0 Å². The Labute approximate surface area is 127 Å². The largest absolute Gasteiger partial charge is 0.492 e. The van der Waals surface area contributed by atoms with Crippen LogP contribution >= 0.6 is 11.6 Å². The third-order valence-corrected chi connectivity index (χ3v) is 3.15. The van der Waals surface area contributed by atoms with E-state index in [4.69, 9.17) is 16.3 Å². The number of carbonyl (C=O) groups excluding carboxylic acids is 1. The summed E-state index contributed by atoms with van der Waals surface area (Å²) in [7, 11) is 0. The zero-order valence-electron chi connectivity index (χ0n) is 11.7. The second-order valence-corrected chi connectivity index (χ2v) is 4.92. The summed E-state index contributed by atoms with van der Waals surface area (Å²) >= 11 is 6.04. The number of nitrogens with one attached hydrogen (secondary N) is 1. The third-order valence-electron chi connectivity index (χ3n) is 2.86. The topological polar surface area (TPSA) is 38.3 Å². The standard InChI is InChI=1S/C16H15ClFNO2/c1-3-21-15-7-5-11(9-13(15)17)19-16(20)12-6-4-10(2)8-14(12)18/h4-9H,3H2,1-2H3,(H,19,20). The number of rotatable bonds is 4. The number of hydrogen-bond acceptors (Lipinski definition) is 2. The first-order valence-electron chi connectivity index (χ1n) is 6.51. The van der Waals surface area contributed by atoms with E-state index in [9.17, 15) is 9.18 Å². The highest BCUT2D eigenvalue weighted by molar-refractivity contribution is 6.32. The van der Waals surface area contributed by atoms with Crippen LogP contribution in [0.5, 0.6) is 5.75 Å². The summed E-state index contributed by atoms with van der Waals surface area (Å²) < 4.78 is 19.0. The van der Waals surface area contributed by atoms with Gasteiger partial charge in [-0.1, -0.05) is 17.7 Å². The van der Waals surface area contributed by atoms with Gasteiger partial charge in [0.15, 0.2) is 0 Å². The Morgan fingerprint density at radius 1 is 1.29 bits per heavy atom. The van der Waals surface area contributed by atoms with Crippen LogP contribution in [0, 0.1) is 12.7 Å². The van der Waals surface area contributed by atoms with Crippen molar-refractivity contribution in [1.29, 1.82) is 0 Å². The van der Waals surface area contributed by atoms with Crippen molar-refractivity contribution in [3.05, 3.63) is 58.4 Å². The molecule has 0 aliphatic carbocycles. The van der Waals surface area contributed by atoms with Crippen LogP contribution in [0.4, 0.5) is 10.1 Å². The minimum atomic E-state index is -0.551. The highest BCUT2D eigenvalue weighted by atomic mass is 35.5. The number of benzene rings is 2. The fourth-order valence-corrected chi connectivity index (χ4v) is 2.09. The maximum absolute atomic E-state index is 13.7. The highest BCUT2D eigenvalue weighted by Crippen LogP contribution is 2.28. The Balaban J connectivity index is 2.17. The van der Waals surface area contributed by atoms with Crippen LogP contribution < -0.4 is 10.1 Å². The predicted molar refractivity (Wildman–Crippen MR) is 81.7 cm³/mol. The molecular weight excluding hydrogens is 293 g/mol. The number of anilines is 1. The Bertz CT molecular complexity index is 673. The van der Waals surface area contributed by atoms with E-state index in [1.54, 1.807) is 31.2 Å². The first-order chi connectivity index (χ1) is 10.0. The lowest BCUT2D eigenvalue weighted by Gasteiger charge is -2.10. The number of ether oxygens (including phenoxy) is 1. The normalized spacial score (nSPS) is 10.3. The number of hydrogen-bond donors (Lipinski definition) is 1. The molecule has 2 aromatic carbocycles. The minimum absolute atomic E-state index is 0.00870. The molecule has 2 rings (SSSR count). The average molecular weight is 308 g/mol. The molecule has 1 amide bonds. The molecular formula is C16H15ClFNO2. The number of carbonyl (C=O) groups is 1. The summed E-state index contributed by atoms with van der Waals surface area (Å²) in [6.07, 6.45) is 0. The number of amides is 1. The van der Waals surface area contributed by atoms with Crippen molar-refractivity contribution in [2.45, 2.75) is 13.8 Å². The predicted octanol–water partition coefficient (Wildman–Crippen LogP) is 4.44. The van der Waals surface area contributed by atoms with Gasteiger partial charge in [0.1, 0.15) is 11.6 Å². The van der Waals surface area contributed by atoms with Crippen molar-refractivity contribution in [2.24, 2.45) is 0 Å². The monoisotopic (exact) mass is 307 g/mol. The molecule has 0 aromatic heterocycles. The Morgan fingerprint density at radius 3 is 2.67 bits per heavy atom. The second kappa shape index (κ2) is 6.59. The van der Waals surface area contributed by atoms with Crippen molar-refractivity contribution < 1.29 is 13.9 Å². The van der Waals surface area contributed by atoms with Gasteiger partial charge in [-0.15, -0.1) is 0 Å². The average Bonchev–Trinajstić information content (AvgIpc) is 2.41. The van der Waals surface area contributed by atoms with Crippen molar-refractivity contribution >= 4 is 23.2 Å². The van der Waals surface area contributed by atoms with Crippen molar-refractivity contribution in [1.82, 2.24) is 0 Å². The third kappa shape index (κ3) is 3.73. The quantitative estimate of drug-likeness (QED) is 0.907. The van der Waals surface area contributed by atoms with E-state index in [-0.39, 0.29) is 5.56 Å². The fraction of sp³-hybridized carbons (Fsp3) is 0.188. The lowest BCUT2D eigenvalue weighted by molar-refractivity contribution is 0.102. The molecule has 5 heteroatoms. The molecule has 2 aromatic rings. The molecule has 0 aliphatic rings. The molecule has 0 bridgehead atoms. The Morgan fingerprint density at radius 2 is 2.05 bits per heavy atom. The van der Waals surface area contributed by atoms with Crippen LogP contribution in [-0.2, 0) is 0 Å². The summed E-state index contributed by atoms with van der Waals surface area (Å²) in [5, 5.41) is 3.00. The Kier molecular flexibility index (Phi) is 4.81. The van der Waals surface area contributed by atoms with E-state index >= 15 is 0 Å². The fourth-order valence-electron chi connectivity index (χ4n) is 1.85. The number of halogens is 2. The molecule has 0 saturated carbocycles. The maximum atomic E-state index is 13.7. The van der Waals surface area contributed by atoms with E-state index in [1.807, 2.05) is 6.92 Å².